The first kappa shape index (κ1) is 17.2. The van der Waals surface area contributed by atoms with E-state index < -0.39 is 24.5 Å². The van der Waals surface area contributed by atoms with Crippen molar-refractivity contribution < 1.29 is 19.7 Å². The molecule has 0 radical (unpaired) electrons. The van der Waals surface area contributed by atoms with Crippen LogP contribution in [0.3, 0.4) is 0 Å². The normalized spacial score (nSPS) is 27.1. The van der Waals surface area contributed by atoms with Crippen LogP contribution in [0.2, 0.25) is 0 Å². The molecule has 2 aromatic heterocycles. The molecular formula is C14H20N4O5S. The van der Waals surface area contributed by atoms with E-state index in [1.807, 2.05) is 6.92 Å². The van der Waals surface area contributed by atoms with Crippen LogP contribution in [0.5, 0.6) is 0 Å². The van der Waals surface area contributed by atoms with Crippen LogP contribution in [0.15, 0.2) is 11.0 Å². The third kappa shape index (κ3) is 3.03. The summed E-state index contributed by atoms with van der Waals surface area (Å²) in [5.41, 5.74) is 5.89. The number of thiazole rings is 1. The van der Waals surface area contributed by atoms with Gasteiger partial charge in [0.05, 0.1) is 17.5 Å². The Morgan fingerprint density at radius 3 is 3.04 bits per heavy atom. The molecular weight excluding hydrogens is 336 g/mol. The second-order valence-electron chi connectivity index (χ2n) is 5.58. The molecule has 0 saturated carbocycles. The summed E-state index contributed by atoms with van der Waals surface area (Å²) in [6.07, 6.45) is -0.301. The lowest BCUT2D eigenvalue weighted by atomic mass is 10.1. The molecule has 4 atom stereocenters. The maximum Gasteiger partial charge on any atom is 0.311 e. The van der Waals surface area contributed by atoms with E-state index in [1.165, 1.54) is 10.8 Å². The van der Waals surface area contributed by atoms with Gasteiger partial charge in [0.1, 0.15) is 18.3 Å². The van der Waals surface area contributed by atoms with Gasteiger partial charge in [0.2, 0.25) is 5.95 Å². The molecule has 9 nitrogen and oxygen atoms in total. The van der Waals surface area contributed by atoms with Gasteiger partial charge in [-0.25, -0.2) is 4.98 Å². The van der Waals surface area contributed by atoms with E-state index in [9.17, 15) is 15.0 Å². The lowest BCUT2D eigenvalue weighted by Gasteiger charge is -2.19. The van der Waals surface area contributed by atoms with Crippen LogP contribution in [0, 0.1) is 0 Å². The van der Waals surface area contributed by atoms with E-state index in [0.29, 0.717) is 17.0 Å². The topological polar surface area (TPSA) is 133 Å². The first-order valence-electron chi connectivity index (χ1n) is 7.76. The number of nitrogens with two attached hydrogens (primary N) is 1. The molecule has 10 heteroatoms. The average molecular weight is 356 g/mol. The van der Waals surface area contributed by atoms with Crippen molar-refractivity contribution in [3.8, 4) is 0 Å². The van der Waals surface area contributed by atoms with Crippen LogP contribution in [0.1, 0.15) is 26.0 Å². The fourth-order valence-electron chi connectivity index (χ4n) is 2.72. The molecule has 1 aliphatic rings. The van der Waals surface area contributed by atoms with Crippen molar-refractivity contribution >= 4 is 27.6 Å². The van der Waals surface area contributed by atoms with Gasteiger partial charge >= 0.3 is 4.87 Å². The minimum Gasteiger partial charge on any atom is -0.394 e. The first-order chi connectivity index (χ1) is 11.6. The Bertz CT molecular complexity index is 763. The SMILES string of the molecule is CCCCO[C@H]1[C@@H](CO)OC(n2c(=O)sc3cnc(N)nc32)[C@@H]1O. The zero-order valence-corrected chi connectivity index (χ0v) is 14.0. The second kappa shape index (κ2) is 7.11. The number of hydrogen-bond donors (Lipinski definition) is 3. The van der Waals surface area contributed by atoms with Crippen molar-refractivity contribution in [1.82, 2.24) is 14.5 Å². The van der Waals surface area contributed by atoms with Crippen LogP contribution < -0.4 is 10.6 Å². The fourth-order valence-corrected chi connectivity index (χ4v) is 3.54. The summed E-state index contributed by atoms with van der Waals surface area (Å²) >= 11 is 0.940. The molecule has 0 aromatic carbocycles. The Morgan fingerprint density at radius 2 is 2.33 bits per heavy atom. The maximum absolute atomic E-state index is 12.3. The van der Waals surface area contributed by atoms with E-state index in [1.54, 1.807) is 0 Å². The number of aliphatic hydroxyl groups excluding tert-OH is 2. The Kier molecular flexibility index (Phi) is 5.11. The summed E-state index contributed by atoms with van der Waals surface area (Å²) in [5.74, 6) is 0.0241. The molecule has 1 saturated heterocycles. The highest BCUT2D eigenvalue weighted by atomic mass is 32.1. The van der Waals surface area contributed by atoms with E-state index in [0.717, 1.165) is 24.2 Å². The second-order valence-corrected chi connectivity index (χ2v) is 6.57. The maximum atomic E-state index is 12.3. The highest BCUT2D eigenvalue weighted by molar-refractivity contribution is 7.16. The summed E-state index contributed by atoms with van der Waals surface area (Å²) in [5, 5.41) is 20.1. The molecule has 0 bridgehead atoms. The van der Waals surface area contributed by atoms with Crippen molar-refractivity contribution in [3.05, 3.63) is 15.9 Å². The zero-order valence-electron chi connectivity index (χ0n) is 13.2. The molecule has 2 aromatic rings. The number of aromatic nitrogens is 3. The largest absolute Gasteiger partial charge is 0.394 e. The lowest BCUT2D eigenvalue weighted by molar-refractivity contribution is -0.0611. The van der Waals surface area contributed by atoms with Gasteiger partial charge in [-0.1, -0.05) is 24.7 Å². The third-order valence-corrected chi connectivity index (χ3v) is 4.81. The molecule has 132 valence electrons. The highest BCUT2D eigenvalue weighted by Crippen LogP contribution is 2.33. The molecule has 1 aliphatic heterocycles. The molecule has 3 rings (SSSR count). The molecule has 0 amide bonds. The Balaban J connectivity index is 1.93. The van der Waals surface area contributed by atoms with E-state index in [2.05, 4.69) is 9.97 Å². The molecule has 0 aliphatic carbocycles. The summed E-state index contributed by atoms with van der Waals surface area (Å²) in [4.78, 5) is 19.9. The van der Waals surface area contributed by atoms with Gasteiger partial charge in [0.15, 0.2) is 11.9 Å². The van der Waals surface area contributed by atoms with Crippen molar-refractivity contribution in [2.75, 3.05) is 18.9 Å². The van der Waals surface area contributed by atoms with E-state index in [-0.39, 0.29) is 17.4 Å². The number of nitrogen functional groups attached to an aromatic ring is 1. The van der Waals surface area contributed by atoms with Gasteiger partial charge in [0.25, 0.3) is 0 Å². The van der Waals surface area contributed by atoms with Crippen LogP contribution in [0.4, 0.5) is 5.95 Å². The molecule has 1 fully saturated rings. The molecule has 24 heavy (non-hydrogen) atoms. The number of fused-ring (bicyclic) bond motifs is 1. The van der Waals surface area contributed by atoms with Crippen LogP contribution in [0.25, 0.3) is 10.3 Å². The quantitative estimate of drug-likeness (QED) is 0.610. The van der Waals surface area contributed by atoms with Gasteiger partial charge in [-0.2, -0.15) is 4.98 Å². The summed E-state index contributed by atoms with van der Waals surface area (Å²) in [7, 11) is 0. The number of unbranched alkanes of at least 4 members (excludes halogenated alkanes) is 1. The van der Waals surface area contributed by atoms with Gasteiger partial charge < -0.3 is 25.4 Å². The monoisotopic (exact) mass is 356 g/mol. The Hall–Kier alpha value is -1.59. The first-order valence-corrected chi connectivity index (χ1v) is 8.58. The summed E-state index contributed by atoms with van der Waals surface area (Å²) in [6, 6.07) is 0. The number of hydrogen-bond acceptors (Lipinski definition) is 9. The third-order valence-electron chi connectivity index (χ3n) is 3.93. The molecule has 4 N–H and O–H groups in total. The fraction of sp³-hybridized carbons (Fsp3) is 0.643. The van der Waals surface area contributed by atoms with Crippen LogP contribution in [-0.4, -0.2) is 56.3 Å². The predicted octanol–water partition coefficient (Wildman–Crippen LogP) is -0.129. The number of aliphatic hydroxyl groups is 2. The van der Waals surface area contributed by atoms with Gasteiger partial charge in [0, 0.05) is 6.61 Å². The summed E-state index contributed by atoms with van der Waals surface area (Å²) < 4.78 is 13.1. The highest BCUT2D eigenvalue weighted by Gasteiger charge is 2.46. The smallest absolute Gasteiger partial charge is 0.311 e. The Morgan fingerprint density at radius 1 is 1.54 bits per heavy atom. The van der Waals surface area contributed by atoms with Crippen molar-refractivity contribution in [2.24, 2.45) is 0 Å². The standard InChI is InChI=1S/C14H20N4O5S/c1-2-3-4-22-10-7(6-19)23-12(9(10)20)18-11-8(24-14(18)21)5-16-13(15)17-11/h5,7,9-10,12,19-20H,2-4,6H2,1H3,(H2,15,16,17)/t7-,9-,10+,12?/m1/s1. The number of ether oxygens (including phenoxy) is 2. The van der Waals surface area contributed by atoms with E-state index >= 15 is 0 Å². The van der Waals surface area contributed by atoms with Crippen molar-refractivity contribution in [1.29, 1.82) is 0 Å². The molecule has 3 heterocycles. The summed E-state index contributed by atoms with van der Waals surface area (Å²) in [6.45, 7) is 2.15. The number of anilines is 1. The predicted molar refractivity (Wildman–Crippen MR) is 87.7 cm³/mol. The van der Waals surface area contributed by atoms with Gasteiger partial charge in [-0.3, -0.25) is 9.36 Å². The average Bonchev–Trinajstić information content (AvgIpc) is 3.04. The molecule has 0 spiro atoms. The lowest BCUT2D eigenvalue weighted by Crippen LogP contribution is -2.37. The van der Waals surface area contributed by atoms with E-state index in [4.69, 9.17) is 15.2 Å². The zero-order chi connectivity index (χ0) is 17.3. The van der Waals surface area contributed by atoms with Crippen LogP contribution >= 0.6 is 11.3 Å². The van der Waals surface area contributed by atoms with Crippen molar-refractivity contribution in [2.45, 2.75) is 44.3 Å². The number of rotatable bonds is 6. The van der Waals surface area contributed by atoms with Gasteiger partial charge in [-0.05, 0) is 6.42 Å². The molecule has 1 unspecified atom stereocenters. The van der Waals surface area contributed by atoms with Crippen LogP contribution in [-0.2, 0) is 9.47 Å². The van der Waals surface area contributed by atoms with Gasteiger partial charge in [-0.15, -0.1) is 0 Å². The minimum absolute atomic E-state index is 0.0241. The van der Waals surface area contributed by atoms with Crippen molar-refractivity contribution in [3.63, 3.8) is 0 Å². The minimum atomic E-state index is -1.11. The number of nitrogens with zero attached hydrogens (tertiary/aromatic N) is 3. The Labute approximate surface area is 141 Å².